The Morgan fingerprint density at radius 1 is 1.29 bits per heavy atom. The van der Waals surface area contributed by atoms with Crippen molar-refractivity contribution in [1.82, 2.24) is 14.8 Å². The first-order valence-corrected chi connectivity index (χ1v) is 8.54. The van der Waals surface area contributed by atoms with Crippen molar-refractivity contribution in [1.29, 1.82) is 0 Å². The molecule has 0 unspecified atom stereocenters. The van der Waals surface area contributed by atoms with Gasteiger partial charge in [-0.1, -0.05) is 0 Å². The molecule has 2 aliphatic rings. The van der Waals surface area contributed by atoms with Crippen LogP contribution in [0, 0.1) is 0 Å². The average Bonchev–Trinajstić information content (AvgIpc) is 3.22. The molecule has 2 aromatic rings. The lowest BCUT2D eigenvalue weighted by molar-refractivity contribution is 0.0662. The second-order valence-corrected chi connectivity index (χ2v) is 6.53. The maximum atomic E-state index is 5.90. The van der Waals surface area contributed by atoms with Crippen molar-refractivity contribution in [3.8, 4) is 5.88 Å². The molecular formula is C18H22N4O2. The average molecular weight is 326 g/mol. The van der Waals surface area contributed by atoms with Gasteiger partial charge in [0.1, 0.15) is 0 Å². The lowest BCUT2D eigenvalue weighted by atomic mass is 10.0. The number of nitrogens with zero attached hydrogens (tertiary/aromatic N) is 4. The van der Waals surface area contributed by atoms with Gasteiger partial charge >= 0.3 is 0 Å². The Hall–Kier alpha value is -2.21. The van der Waals surface area contributed by atoms with Crippen LogP contribution in [0.4, 0.5) is 0 Å². The summed E-state index contributed by atoms with van der Waals surface area (Å²) in [6.07, 6.45) is 7.88. The number of hydrogen-bond acceptors (Lipinski definition) is 5. The van der Waals surface area contributed by atoms with Crippen LogP contribution in [0.25, 0.3) is 0 Å². The molecule has 4 rings (SSSR count). The van der Waals surface area contributed by atoms with Crippen molar-refractivity contribution in [3.63, 3.8) is 0 Å². The minimum absolute atomic E-state index is 0.0795. The fourth-order valence-corrected chi connectivity index (χ4v) is 3.27. The highest BCUT2D eigenvalue weighted by molar-refractivity contribution is 6.16. The molecule has 24 heavy (non-hydrogen) atoms. The van der Waals surface area contributed by atoms with E-state index in [2.05, 4.69) is 21.0 Å². The lowest BCUT2D eigenvalue weighted by Gasteiger charge is -2.22. The van der Waals surface area contributed by atoms with Crippen LogP contribution in [0.15, 0.2) is 29.6 Å². The van der Waals surface area contributed by atoms with Gasteiger partial charge in [0.05, 0.1) is 36.2 Å². The molecule has 0 aromatic carbocycles. The molecule has 6 heteroatoms. The van der Waals surface area contributed by atoms with Crippen molar-refractivity contribution in [2.75, 3.05) is 13.2 Å². The van der Waals surface area contributed by atoms with Crippen molar-refractivity contribution in [3.05, 3.63) is 41.3 Å². The first-order valence-electron chi connectivity index (χ1n) is 8.54. The van der Waals surface area contributed by atoms with Crippen LogP contribution in [0.1, 0.15) is 49.4 Å². The SMILES string of the molecule is CC(C)Oc1nccc2c1C(c1cnn(C3CCOCC3)c1)=NC2. The number of pyridine rings is 1. The Bertz CT molecular complexity index is 760. The van der Waals surface area contributed by atoms with E-state index in [1.807, 2.05) is 26.1 Å². The highest BCUT2D eigenvalue weighted by Gasteiger charge is 2.25. The normalized spacial score (nSPS) is 17.9. The van der Waals surface area contributed by atoms with Crippen molar-refractivity contribution in [2.24, 2.45) is 4.99 Å². The standard InChI is InChI=1S/C18H22N4O2/c1-12(2)24-18-16-13(3-6-19-18)9-20-17(16)14-10-21-22(11-14)15-4-7-23-8-5-15/h3,6,10-12,15H,4-5,7-9H2,1-2H3. The number of rotatable bonds is 4. The van der Waals surface area contributed by atoms with Crippen LogP contribution < -0.4 is 4.74 Å². The number of aromatic nitrogens is 3. The summed E-state index contributed by atoms with van der Waals surface area (Å²) >= 11 is 0. The second kappa shape index (κ2) is 6.36. The molecular weight excluding hydrogens is 304 g/mol. The zero-order chi connectivity index (χ0) is 16.5. The Kier molecular flexibility index (Phi) is 4.06. The molecule has 0 N–H and O–H groups in total. The van der Waals surface area contributed by atoms with Gasteiger partial charge in [-0.2, -0.15) is 5.10 Å². The highest BCUT2D eigenvalue weighted by atomic mass is 16.5. The third-order valence-electron chi connectivity index (χ3n) is 4.43. The van der Waals surface area contributed by atoms with Gasteiger partial charge < -0.3 is 9.47 Å². The zero-order valence-corrected chi connectivity index (χ0v) is 14.1. The number of fused-ring (bicyclic) bond motifs is 1. The molecule has 0 amide bonds. The predicted octanol–water partition coefficient (Wildman–Crippen LogP) is 2.77. The molecule has 1 saturated heterocycles. The largest absolute Gasteiger partial charge is 0.474 e. The van der Waals surface area contributed by atoms with Gasteiger partial charge in [0, 0.05) is 31.2 Å². The van der Waals surface area contributed by atoms with Crippen LogP contribution >= 0.6 is 0 Å². The summed E-state index contributed by atoms with van der Waals surface area (Å²) in [7, 11) is 0. The smallest absolute Gasteiger partial charge is 0.223 e. The fourth-order valence-electron chi connectivity index (χ4n) is 3.27. The summed E-state index contributed by atoms with van der Waals surface area (Å²) in [6.45, 7) is 6.30. The van der Waals surface area contributed by atoms with E-state index in [-0.39, 0.29) is 6.10 Å². The Balaban J connectivity index is 1.65. The van der Waals surface area contributed by atoms with Gasteiger partial charge in [-0.05, 0) is 38.3 Å². The van der Waals surface area contributed by atoms with Gasteiger partial charge in [-0.25, -0.2) is 4.98 Å². The maximum absolute atomic E-state index is 5.90. The van der Waals surface area contributed by atoms with Gasteiger partial charge in [0.15, 0.2) is 0 Å². The van der Waals surface area contributed by atoms with E-state index < -0.39 is 0 Å². The van der Waals surface area contributed by atoms with Crippen LogP contribution in [0.5, 0.6) is 5.88 Å². The van der Waals surface area contributed by atoms with E-state index >= 15 is 0 Å². The topological polar surface area (TPSA) is 61.5 Å². The van der Waals surface area contributed by atoms with Gasteiger partial charge in [0.2, 0.25) is 5.88 Å². The third kappa shape index (κ3) is 2.82. The van der Waals surface area contributed by atoms with Crippen LogP contribution in [-0.4, -0.2) is 39.8 Å². The van der Waals surface area contributed by atoms with Crippen LogP contribution in [0.2, 0.25) is 0 Å². The molecule has 0 spiro atoms. The van der Waals surface area contributed by atoms with Crippen molar-refractivity contribution >= 4 is 5.71 Å². The molecule has 0 atom stereocenters. The summed E-state index contributed by atoms with van der Waals surface area (Å²) in [4.78, 5) is 9.14. The van der Waals surface area contributed by atoms with E-state index in [0.29, 0.717) is 18.5 Å². The quantitative estimate of drug-likeness (QED) is 0.867. The minimum Gasteiger partial charge on any atom is -0.474 e. The van der Waals surface area contributed by atoms with Crippen molar-refractivity contribution in [2.45, 2.75) is 45.4 Å². The van der Waals surface area contributed by atoms with Gasteiger partial charge in [-0.15, -0.1) is 0 Å². The summed E-state index contributed by atoms with van der Waals surface area (Å²) in [5.41, 5.74) is 4.14. The molecule has 6 nitrogen and oxygen atoms in total. The first-order chi connectivity index (χ1) is 11.7. The van der Waals surface area contributed by atoms with Gasteiger partial charge in [0.25, 0.3) is 0 Å². The molecule has 1 fully saturated rings. The first kappa shape index (κ1) is 15.3. The number of ether oxygens (including phenoxy) is 2. The molecule has 126 valence electrons. The summed E-state index contributed by atoms with van der Waals surface area (Å²) in [5, 5.41) is 4.57. The van der Waals surface area contributed by atoms with E-state index in [4.69, 9.17) is 14.5 Å². The molecule has 2 aromatic heterocycles. The molecule has 0 radical (unpaired) electrons. The Labute approximate surface area is 141 Å². The Morgan fingerprint density at radius 3 is 2.92 bits per heavy atom. The van der Waals surface area contributed by atoms with E-state index in [1.54, 1.807) is 6.20 Å². The molecule has 0 aliphatic carbocycles. The van der Waals surface area contributed by atoms with Crippen LogP contribution in [-0.2, 0) is 11.3 Å². The summed E-state index contributed by atoms with van der Waals surface area (Å²) < 4.78 is 13.4. The predicted molar refractivity (Wildman–Crippen MR) is 90.7 cm³/mol. The summed E-state index contributed by atoms with van der Waals surface area (Å²) in [6, 6.07) is 2.43. The molecule has 0 saturated carbocycles. The molecule has 2 aliphatic heterocycles. The maximum Gasteiger partial charge on any atom is 0.223 e. The monoisotopic (exact) mass is 326 g/mol. The third-order valence-corrected chi connectivity index (χ3v) is 4.43. The van der Waals surface area contributed by atoms with E-state index in [1.165, 1.54) is 0 Å². The molecule has 0 bridgehead atoms. The van der Waals surface area contributed by atoms with E-state index in [0.717, 1.165) is 48.5 Å². The van der Waals surface area contributed by atoms with Crippen molar-refractivity contribution < 1.29 is 9.47 Å². The lowest BCUT2D eigenvalue weighted by Crippen LogP contribution is -2.19. The fraction of sp³-hybridized carbons (Fsp3) is 0.500. The zero-order valence-electron chi connectivity index (χ0n) is 14.1. The Morgan fingerprint density at radius 2 is 2.12 bits per heavy atom. The number of hydrogen-bond donors (Lipinski definition) is 0. The highest BCUT2D eigenvalue weighted by Crippen LogP contribution is 2.30. The minimum atomic E-state index is 0.0795. The van der Waals surface area contributed by atoms with Crippen LogP contribution in [0.3, 0.4) is 0 Å². The second-order valence-electron chi connectivity index (χ2n) is 6.53. The van der Waals surface area contributed by atoms with E-state index in [9.17, 15) is 0 Å². The molecule has 4 heterocycles. The summed E-state index contributed by atoms with van der Waals surface area (Å²) in [5.74, 6) is 0.664. The number of aliphatic imine (C=N–C) groups is 1. The van der Waals surface area contributed by atoms with Gasteiger partial charge in [-0.3, -0.25) is 9.67 Å².